The smallest absolute Gasteiger partial charge is 0.258 e. The van der Waals surface area contributed by atoms with Gasteiger partial charge in [0.25, 0.3) is 5.91 Å². The lowest BCUT2D eigenvalue weighted by Crippen LogP contribution is -2.29. The van der Waals surface area contributed by atoms with Gasteiger partial charge in [-0.3, -0.25) is 14.4 Å². The van der Waals surface area contributed by atoms with Crippen LogP contribution in [0.15, 0.2) is 72.8 Å². The van der Waals surface area contributed by atoms with Crippen molar-refractivity contribution in [2.45, 2.75) is 12.8 Å². The monoisotopic (exact) mass is 455 g/mol. The highest BCUT2D eigenvalue weighted by Crippen LogP contribution is 2.30. The first-order chi connectivity index (χ1) is 16.5. The Labute approximate surface area is 197 Å². The molecule has 3 amide bonds. The van der Waals surface area contributed by atoms with Gasteiger partial charge in [-0.2, -0.15) is 0 Å². The Balaban J connectivity index is 1.22. The van der Waals surface area contributed by atoms with Gasteiger partial charge in [0, 0.05) is 42.1 Å². The third-order valence-electron chi connectivity index (χ3n) is 6.41. The van der Waals surface area contributed by atoms with Crippen LogP contribution in [0.3, 0.4) is 0 Å². The highest BCUT2D eigenvalue weighted by Gasteiger charge is 2.35. The largest absolute Gasteiger partial charge is 0.497 e. The summed E-state index contributed by atoms with van der Waals surface area (Å²) in [6.45, 7) is 0.985. The van der Waals surface area contributed by atoms with Crippen LogP contribution in [0.2, 0.25) is 0 Å². The van der Waals surface area contributed by atoms with Crippen molar-refractivity contribution in [1.82, 2.24) is 0 Å². The molecule has 1 fully saturated rings. The molecule has 0 aromatic heterocycles. The van der Waals surface area contributed by atoms with Crippen LogP contribution in [0.1, 0.15) is 22.3 Å². The summed E-state index contributed by atoms with van der Waals surface area (Å²) in [5.74, 6) is -0.0917. The van der Waals surface area contributed by atoms with Gasteiger partial charge in [0.2, 0.25) is 11.8 Å². The molecule has 3 aromatic rings. The maximum absolute atomic E-state index is 13.0. The number of fused-ring (bicyclic) bond motifs is 1. The van der Waals surface area contributed by atoms with Gasteiger partial charge >= 0.3 is 0 Å². The summed E-state index contributed by atoms with van der Waals surface area (Å²) in [6, 6.07) is 22.0. The second-order valence-electron chi connectivity index (χ2n) is 8.51. The molecule has 1 saturated heterocycles. The van der Waals surface area contributed by atoms with Gasteiger partial charge < -0.3 is 19.9 Å². The highest BCUT2D eigenvalue weighted by molar-refractivity contribution is 6.08. The molecule has 0 aliphatic carbocycles. The molecule has 34 heavy (non-hydrogen) atoms. The lowest BCUT2D eigenvalue weighted by Gasteiger charge is -2.18. The summed E-state index contributed by atoms with van der Waals surface area (Å²) in [6.07, 6.45) is 1.01. The van der Waals surface area contributed by atoms with E-state index < -0.39 is 5.92 Å². The lowest BCUT2D eigenvalue weighted by atomic mass is 10.1. The van der Waals surface area contributed by atoms with Gasteiger partial charge in [0.05, 0.1) is 13.0 Å². The number of rotatable bonds is 5. The number of carbonyl (C=O) groups is 3. The van der Waals surface area contributed by atoms with E-state index in [9.17, 15) is 14.4 Å². The predicted molar refractivity (Wildman–Crippen MR) is 130 cm³/mol. The van der Waals surface area contributed by atoms with Crippen molar-refractivity contribution in [2.24, 2.45) is 5.92 Å². The number of hydrogen-bond acceptors (Lipinski definition) is 4. The molecule has 0 radical (unpaired) electrons. The first-order valence-corrected chi connectivity index (χ1v) is 11.3. The molecular weight excluding hydrogens is 430 g/mol. The molecule has 2 aliphatic heterocycles. The summed E-state index contributed by atoms with van der Waals surface area (Å²) in [7, 11) is 1.59. The predicted octanol–water partition coefficient (Wildman–Crippen LogP) is 3.89. The fourth-order valence-corrected chi connectivity index (χ4v) is 4.54. The molecule has 7 heteroatoms. The van der Waals surface area contributed by atoms with E-state index in [1.54, 1.807) is 53.3 Å². The maximum Gasteiger partial charge on any atom is 0.258 e. The van der Waals surface area contributed by atoms with Crippen LogP contribution in [0, 0.1) is 5.92 Å². The number of benzene rings is 3. The highest BCUT2D eigenvalue weighted by atomic mass is 16.5. The molecule has 1 atom stereocenters. The van der Waals surface area contributed by atoms with E-state index in [0.717, 1.165) is 17.8 Å². The average Bonchev–Trinajstić information content (AvgIpc) is 3.48. The molecule has 2 aliphatic rings. The van der Waals surface area contributed by atoms with Crippen LogP contribution in [-0.4, -0.2) is 37.9 Å². The number of carbonyl (C=O) groups excluding carboxylic acids is 3. The van der Waals surface area contributed by atoms with Crippen molar-refractivity contribution in [3.8, 4) is 5.75 Å². The summed E-state index contributed by atoms with van der Waals surface area (Å²) in [4.78, 5) is 41.7. The number of amides is 3. The Morgan fingerprint density at radius 2 is 1.71 bits per heavy atom. The molecule has 5 rings (SSSR count). The number of anilines is 3. The molecule has 0 bridgehead atoms. The van der Waals surface area contributed by atoms with Crippen molar-refractivity contribution >= 4 is 34.8 Å². The fraction of sp³-hybridized carbons (Fsp3) is 0.222. The van der Waals surface area contributed by atoms with E-state index in [1.807, 2.05) is 36.4 Å². The summed E-state index contributed by atoms with van der Waals surface area (Å²) in [5.41, 5.74) is 4.04. The summed E-state index contributed by atoms with van der Waals surface area (Å²) >= 11 is 0. The Kier molecular flexibility index (Phi) is 5.76. The normalized spacial score (nSPS) is 17.0. The standard InChI is InChI=1S/C27H25N3O4/c1-34-23-12-10-22(11-13-23)30-17-20(16-25(30)31)26(32)28-21-8-6-19(7-9-21)27(33)29-15-14-18-4-2-3-5-24(18)29/h2-13,20H,14-17H2,1H3,(H,28,32). The Bertz CT molecular complexity index is 1240. The Morgan fingerprint density at radius 1 is 0.971 bits per heavy atom. The zero-order valence-electron chi connectivity index (χ0n) is 18.9. The molecule has 172 valence electrons. The van der Waals surface area contributed by atoms with Crippen molar-refractivity contribution in [2.75, 3.05) is 35.3 Å². The van der Waals surface area contributed by atoms with Crippen molar-refractivity contribution in [3.05, 3.63) is 83.9 Å². The van der Waals surface area contributed by atoms with Gasteiger partial charge in [-0.15, -0.1) is 0 Å². The maximum atomic E-state index is 13.0. The fourth-order valence-electron chi connectivity index (χ4n) is 4.54. The average molecular weight is 456 g/mol. The van der Waals surface area contributed by atoms with Crippen LogP contribution >= 0.6 is 0 Å². The summed E-state index contributed by atoms with van der Waals surface area (Å²) in [5, 5.41) is 2.88. The van der Waals surface area contributed by atoms with Gasteiger partial charge in [0.1, 0.15) is 5.75 Å². The molecule has 1 unspecified atom stereocenters. The van der Waals surface area contributed by atoms with Crippen molar-refractivity contribution in [3.63, 3.8) is 0 Å². The summed E-state index contributed by atoms with van der Waals surface area (Å²) < 4.78 is 5.16. The zero-order chi connectivity index (χ0) is 23.7. The second-order valence-corrected chi connectivity index (χ2v) is 8.51. The zero-order valence-corrected chi connectivity index (χ0v) is 18.9. The minimum atomic E-state index is -0.447. The third kappa shape index (κ3) is 4.12. The van der Waals surface area contributed by atoms with Crippen LogP contribution in [0.4, 0.5) is 17.1 Å². The van der Waals surface area contributed by atoms with E-state index in [0.29, 0.717) is 30.1 Å². The van der Waals surface area contributed by atoms with Crippen LogP contribution in [-0.2, 0) is 16.0 Å². The minimum absolute atomic E-state index is 0.0562. The third-order valence-corrected chi connectivity index (χ3v) is 6.41. The van der Waals surface area contributed by atoms with Crippen LogP contribution in [0.5, 0.6) is 5.75 Å². The molecule has 3 aromatic carbocycles. The molecule has 0 saturated carbocycles. The van der Waals surface area contributed by atoms with Crippen molar-refractivity contribution < 1.29 is 19.1 Å². The van der Waals surface area contributed by atoms with Crippen molar-refractivity contribution in [1.29, 1.82) is 0 Å². The van der Waals surface area contributed by atoms with E-state index >= 15 is 0 Å². The van der Waals surface area contributed by atoms with Gasteiger partial charge in [-0.05, 0) is 66.6 Å². The van der Waals surface area contributed by atoms with E-state index in [1.165, 1.54) is 5.56 Å². The van der Waals surface area contributed by atoms with Gasteiger partial charge in [0.15, 0.2) is 0 Å². The number of ether oxygens (including phenoxy) is 1. The van der Waals surface area contributed by atoms with E-state index in [2.05, 4.69) is 5.32 Å². The van der Waals surface area contributed by atoms with Crippen LogP contribution in [0.25, 0.3) is 0 Å². The SMILES string of the molecule is COc1ccc(N2CC(C(=O)Nc3ccc(C(=O)N4CCc5ccccc54)cc3)CC2=O)cc1. The molecule has 2 heterocycles. The van der Waals surface area contributed by atoms with Crippen LogP contribution < -0.4 is 19.9 Å². The van der Waals surface area contributed by atoms with E-state index in [-0.39, 0.29) is 24.1 Å². The van der Waals surface area contributed by atoms with E-state index in [4.69, 9.17) is 4.74 Å². The number of nitrogens with one attached hydrogen (secondary N) is 1. The second kappa shape index (κ2) is 9.02. The first kappa shape index (κ1) is 21.7. The minimum Gasteiger partial charge on any atom is -0.497 e. The Morgan fingerprint density at radius 3 is 2.44 bits per heavy atom. The molecule has 7 nitrogen and oxygen atoms in total. The first-order valence-electron chi connectivity index (χ1n) is 11.3. The van der Waals surface area contributed by atoms with Gasteiger partial charge in [-0.25, -0.2) is 0 Å². The lowest BCUT2D eigenvalue weighted by molar-refractivity contribution is -0.122. The quantitative estimate of drug-likeness (QED) is 0.633. The number of para-hydroxylation sites is 1. The molecule has 0 spiro atoms. The topological polar surface area (TPSA) is 79.0 Å². The molecule has 1 N–H and O–H groups in total. The molecular formula is C27H25N3O4. The number of nitrogens with zero attached hydrogens (tertiary/aromatic N) is 2. The number of methoxy groups -OCH3 is 1. The van der Waals surface area contributed by atoms with Gasteiger partial charge in [-0.1, -0.05) is 18.2 Å². The number of hydrogen-bond donors (Lipinski definition) is 1. The Hall–Kier alpha value is -4.13.